The fourth-order valence-electron chi connectivity index (χ4n) is 0.680. The van der Waals surface area contributed by atoms with Crippen molar-refractivity contribution in [1.29, 1.82) is 0 Å². The van der Waals surface area contributed by atoms with Crippen LogP contribution in [-0.4, -0.2) is 5.11 Å². The van der Waals surface area contributed by atoms with Gasteiger partial charge in [0.05, 0.1) is 0 Å². The van der Waals surface area contributed by atoms with Crippen LogP contribution in [0, 0.1) is 5.82 Å². The van der Waals surface area contributed by atoms with Gasteiger partial charge in [-0.3, -0.25) is 0 Å². The highest BCUT2D eigenvalue weighted by atomic mass is 79.9. The Balaban J connectivity index is 3.17. The summed E-state index contributed by atoms with van der Waals surface area (Å²) in [4.78, 5) is 0. The second kappa shape index (κ2) is 3.01. The van der Waals surface area contributed by atoms with E-state index in [4.69, 9.17) is 5.11 Å². The molecule has 0 aliphatic heterocycles. The number of hydrogen-bond donors (Lipinski definition) is 1. The molecule has 0 amide bonds. The van der Waals surface area contributed by atoms with Crippen LogP contribution in [0.25, 0.3) is 0 Å². The van der Waals surface area contributed by atoms with Gasteiger partial charge in [-0.05, 0) is 12.1 Å². The van der Waals surface area contributed by atoms with Gasteiger partial charge in [-0.25, -0.2) is 4.39 Å². The zero-order valence-corrected chi connectivity index (χ0v) is 6.73. The van der Waals surface area contributed by atoms with E-state index < -0.39 is 0 Å². The molecule has 1 N–H and O–H groups in total. The quantitative estimate of drug-likeness (QED) is 0.698. The van der Waals surface area contributed by atoms with Crippen molar-refractivity contribution in [2.45, 2.75) is 5.33 Å². The number of rotatable bonds is 1. The highest BCUT2D eigenvalue weighted by Crippen LogP contribution is 2.21. The minimum Gasteiger partial charge on any atom is -0.508 e. The maximum Gasteiger partial charge on any atom is 0.130 e. The molecule has 0 atom stereocenters. The Morgan fingerprint density at radius 2 is 2.20 bits per heavy atom. The number of halogens is 2. The SMILES string of the molecule is Oc1cccc(F)c1CBr. The molecule has 1 aromatic rings. The number of phenolic OH excluding ortho intramolecular Hbond substituents is 1. The average Bonchev–Trinajstić information content (AvgIpc) is 1.88. The lowest BCUT2D eigenvalue weighted by atomic mass is 10.2. The molecule has 0 heterocycles. The van der Waals surface area contributed by atoms with E-state index in [0.29, 0.717) is 10.9 Å². The third kappa shape index (κ3) is 1.29. The first-order valence-corrected chi connectivity index (χ1v) is 3.90. The van der Waals surface area contributed by atoms with Crippen molar-refractivity contribution in [2.24, 2.45) is 0 Å². The van der Waals surface area contributed by atoms with Gasteiger partial charge in [-0.1, -0.05) is 22.0 Å². The Kier molecular flexibility index (Phi) is 2.27. The maximum atomic E-state index is 12.7. The normalized spacial score (nSPS) is 9.80. The zero-order valence-electron chi connectivity index (χ0n) is 5.14. The summed E-state index contributed by atoms with van der Waals surface area (Å²) < 4.78 is 12.7. The highest BCUT2D eigenvalue weighted by molar-refractivity contribution is 9.08. The predicted octanol–water partition coefficient (Wildman–Crippen LogP) is 2.43. The van der Waals surface area contributed by atoms with Crippen LogP contribution in [0.15, 0.2) is 18.2 Å². The number of hydrogen-bond acceptors (Lipinski definition) is 1. The Morgan fingerprint density at radius 3 is 2.60 bits per heavy atom. The van der Waals surface area contributed by atoms with Crippen molar-refractivity contribution >= 4 is 15.9 Å². The molecular weight excluding hydrogens is 199 g/mol. The molecule has 10 heavy (non-hydrogen) atoms. The van der Waals surface area contributed by atoms with Gasteiger partial charge in [0.2, 0.25) is 0 Å². The number of aromatic hydroxyl groups is 1. The Bertz CT molecular complexity index is 217. The minimum absolute atomic E-state index is 0.00289. The Morgan fingerprint density at radius 1 is 1.50 bits per heavy atom. The smallest absolute Gasteiger partial charge is 0.130 e. The third-order valence-electron chi connectivity index (χ3n) is 1.23. The molecule has 0 spiro atoms. The molecule has 0 saturated carbocycles. The molecule has 0 aromatic heterocycles. The van der Waals surface area contributed by atoms with Gasteiger partial charge in [0, 0.05) is 10.9 Å². The van der Waals surface area contributed by atoms with Crippen LogP contribution in [-0.2, 0) is 5.33 Å². The van der Waals surface area contributed by atoms with E-state index in [1.54, 1.807) is 0 Å². The van der Waals surface area contributed by atoms with E-state index in [2.05, 4.69) is 15.9 Å². The van der Waals surface area contributed by atoms with Gasteiger partial charge in [0.25, 0.3) is 0 Å². The lowest BCUT2D eigenvalue weighted by Crippen LogP contribution is -1.84. The molecule has 0 fully saturated rings. The summed E-state index contributed by atoms with van der Waals surface area (Å²) in [5.41, 5.74) is 0.308. The van der Waals surface area contributed by atoms with Gasteiger partial charge in [0.1, 0.15) is 11.6 Å². The largest absolute Gasteiger partial charge is 0.508 e. The summed E-state index contributed by atoms with van der Waals surface area (Å²) in [6, 6.07) is 4.24. The number of benzene rings is 1. The van der Waals surface area contributed by atoms with Crippen LogP contribution in [0.5, 0.6) is 5.75 Å². The average molecular weight is 205 g/mol. The van der Waals surface area contributed by atoms with Crippen LogP contribution in [0.2, 0.25) is 0 Å². The second-order valence-electron chi connectivity index (χ2n) is 1.87. The first-order chi connectivity index (χ1) is 4.75. The van der Waals surface area contributed by atoms with E-state index in [0.717, 1.165) is 0 Å². The van der Waals surface area contributed by atoms with Crippen molar-refractivity contribution in [3.63, 3.8) is 0 Å². The molecule has 0 saturated heterocycles. The molecule has 0 unspecified atom stereocenters. The van der Waals surface area contributed by atoms with Gasteiger partial charge in [-0.2, -0.15) is 0 Å². The lowest BCUT2D eigenvalue weighted by Gasteiger charge is -1.99. The first-order valence-electron chi connectivity index (χ1n) is 2.78. The summed E-state index contributed by atoms with van der Waals surface area (Å²) in [5.74, 6) is -0.381. The standard InChI is InChI=1S/C7H6BrFO/c8-4-5-6(9)2-1-3-7(5)10/h1-3,10H,4H2. The summed E-state index contributed by atoms with van der Waals surface area (Å²) >= 11 is 3.06. The van der Waals surface area contributed by atoms with Crippen LogP contribution < -0.4 is 0 Å². The lowest BCUT2D eigenvalue weighted by molar-refractivity contribution is 0.462. The molecule has 0 bridgehead atoms. The van der Waals surface area contributed by atoms with E-state index >= 15 is 0 Å². The summed E-state index contributed by atoms with van der Waals surface area (Å²) in [6.07, 6.45) is 0. The fraction of sp³-hybridized carbons (Fsp3) is 0.143. The molecule has 1 rings (SSSR count). The Hall–Kier alpha value is -0.570. The van der Waals surface area contributed by atoms with Gasteiger partial charge < -0.3 is 5.11 Å². The monoisotopic (exact) mass is 204 g/mol. The molecule has 1 aromatic carbocycles. The second-order valence-corrected chi connectivity index (χ2v) is 2.43. The molecule has 0 aliphatic carbocycles. The van der Waals surface area contributed by atoms with Crippen LogP contribution in [0.3, 0.4) is 0 Å². The van der Waals surface area contributed by atoms with Crippen molar-refractivity contribution in [1.82, 2.24) is 0 Å². The minimum atomic E-state index is -0.378. The van der Waals surface area contributed by atoms with Crippen molar-refractivity contribution in [2.75, 3.05) is 0 Å². The zero-order chi connectivity index (χ0) is 7.56. The molecule has 3 heteroatoms. The van der Waals surface area contributed by atoms with Crippen LogP contribution in [0.4, 0.5) is 4.39 Å². The predicted molar refractivity (Wildman–Crippen MR) is 40.7 cm³/mol. The Labute approximate surface area is 66.6 Å². The van der Waals surface area contributed by atoms with E-state index in [1.165, 1.54) is 18.2 Å². The van der Waals surface area contributed by atoms with Crippen molar-refractivity contribution in [3.05, 3.63) is 29.6 Å². The number of phenols is 1. The molecule has 0 aliphatic rings. The summed E-state index contributed by atoms with van der Waals surface area (Å²) in [5, 5.41) is 9.36. The third-order valence-corrected chi connectivity index (χ3v) is 1.79. The summed E-state index contributed by atoms with van der Waals surface area (Å²) in [7, 11) is 0. The van der Waals surface area contributed by atoms with Crippen molar-refractivity contribution < 1.29 is 9.50 Å². The molecule has 1 nitrogen and oxygen atoms in total. The van der Waals surface area contributed by atoms with Crippen LogP contribution >= 0.6 is 15.9 Å². The van der Waals surface area contributed by atoms with Gasteiger partial charge in [-0.15, -0.1) is 0 Å². The van der Waals surface area contributed by atoms with Crippen LogP contribution in [0.1, 0.15) is 5.56 Å². The molecule has 54 valence electrons. The number of alkyl halides is 1. The topological polar surface area (TPSA) is 20.2 Å². The molecule has 0 radical (unpaired) electrons. The fourth-order valence-corrected chi connectivity index (χ4v) is 1.23. The maximum absolute atomic E-state index is 12.7. The summed E-state index contributed by atoms with van der Waals surface area (Å²) in [6.45, 7) is 0. The van der Waals surface area contributed by atoms with Gasteiger partial charge in [0.15, 0.2) is 0 Å². The highest BCUT2D eigenvalue weighted by Gasteiger charge is 2.03. The van der Waals surface area contributed by atoms with E-state index in [-0.39, 0.29) is 11.6 Å². The van der Waals surface area contributed by atoms with E-state index in [1.807, 2.05) is 0 Å². The first kappa shape index (κ1) is 7.54. The molecular formula is C7H6BrFO. The van der Waals surface area contributed by atoms with E-state index in [9.17, 15) is 4.39 Å². The van der Waals surface area contributed by atoms with Crippen molar-refractivity contribution in [3.8, 4) is 5.75 Å². The van der Waals surface area contributed by atoms with Gasteiger partial charge >= 0.3 is 0 Å².